The van der Waals surface area contributed by atoms with Crippen LogP contribution >= 0.6 is 0 Å². The molecule has 0 aromatic heterocycles. The van der Waals surface area contributed by atoms with Gasteiger partial charge < -0.3 is 20.3 Å². The molecule has 1 aliphatic heterocycles. The minimum atomic E-state index is -1.07. The first kappa shape index (κ1) is 26.5. The van der Waals surface area contributed by atoms with Gasteiger partial charge in [-0.3, -0.25) is 9.59 Å². The normalized spacial score (nSPS) is 18.9. The van der Waals surface area contributed by atoms with Crippen LogP contribution in [0, 0.1) is 23.2 Å². The number of nitriles is 1. The van der Waals surface area contributed by atoms with E-state index in [1.807, 2.05) is 49.1 Å². The van der Waals surface area contributed by atoms with Crippen molar-refractivity contribution in [1.82, 2.24) is 15.5 Å². The molecule has 2 aliphatic rings. The number of amides is 3. The zero-order valence-corrected chi connectivity index (χ0v) is 20.9. The maximum Gasteiger partial charge on any atom is 0.408 e. The van der Waals surface area contributed by atoms with Gasteiger partial charge in [0.15, 0.2) is 6.10 Å². The molecule has 1 saturated carbocycles. The molecule has 2 fully saturated rings. The first-order chi connectivity index (χ1) is 16.8. The predicted octanol–water partition coefficient (Wildman–Crippen LogP) is 3.91. The molecule has 1 saturated heterocycles. The van der Waals surface area contributed by atoms with Crippen molar-refractivity contribution in [3.05, 3.63) is 35.9 Å². The Bertz CT molecular complexity index is 898. The van der Waals surface area contributed by atoms with E-state index in [9.17, 15) is 19.6 Å². The summed E-state index contributed by atoms with van der Waals surface area (Å²) in [7, 11) is 0. The van der Waals surface area contributed by atoms with Gasteiger partial charge in [0, 0.05) is 38.4 Å². The van der Waals surface area contributed by atoms with Crippen LogP contribution in [0.5, 0.6) is 0 Å². The highest BCUT2D eigenvalue weighted by Crippen LogP contribution is 2.29. The van der Waals surface area contributed by atoms with Crippen LogP contribution in [0.1, 0.15) is 70.8 Å². The number of carbonyl (C=O) groups is 3. The average molecular weight is 483 g/mol. The summed E-state index contributed by atoms with van der Waals surface area (Å²) in [5.74, 6) is -0.0901. The summed E-state index contributed by atoms with van der Waals surface area (Å²) >= 11 is 0. The fraction of sp³-hybridized carbons (Fsp3) is 0.630. The number of nitrogens with zero attached hydrogens (tertiary/aromatic N) is 2. The van der Waals surface area contributed by atoms with Gasteiger partial charge in [0.25, 0.3) is 5.91 Å². The van der Waals surface area contributed by atoms with Crippen molar-refractivity contribution in [3.8, 4) is 6.07 Å². The van der Waals surface area contributed by atoms with E-state index in [0.717, 1.165) is 31.2 Å². The van der Waals surface area contributed by atoms with E-state index in [4.69, 9.17) is 4.74 Å². The van der Waals surface area contributed by atoms with Crippen LogP contribution in [0.15, 0.2) is 30.3 Å². The fourth-order valence-electron chi connectivity index (χ4n) is 4.88. The maximum absolute atomic E-state index is 13.1. The summed E-state index contributed by atoms with van der Waals surface area (Å²) in [5.41, 5.74) is -0.147. The second-order valence-corrected chi connectivity index (χ2v) is 10.2. The highest BCUT2D eigenvalue weighted by atomic mass is 16.6. The smallest absolute Gasteiger partial charge is 0.408 e. The second kappa shape index (κ2) is 12.6. The number of rotatable bonds is 8. The van der Waals surface area contributed by atoms with Gasteiger partial charge >= 0.3 is 6.09 Å². The summed E-state index contributed by atoms with van der Waals surface area (Å²) in [6.45, 7) is 5.07. The molecule has 2 N–H and O–H groups in total. The molecule has 3 rings (SSSR count). The molecule has 3 amide bonds. The van der Waals surface area contributed by atoms with Crippen molar-refractivity contribution in [1.29, 1.82) is 5.26 Å². The molecule has 1 heterocycles. The molecule has 1 unspecified atom stereocenters. The zero-order chi connectivity index (χ0) is 25.3. The van der Waals surface area contributed by atoms with Crippen LogP contribution in [-0.4, -0.2) is 47.5 Å². The lowest BCUT2D eigenvalue weighted by molar-refractivity contribution is -0.138. The second-order valence-electron chi connectivity index (χ2n) is 10.2. The number of alkyl carbamates (subject to hydrolysis) is 1. The zero-order valence-electron chi connectivity index (χ0n) is 20.9. The van der Waals surface area contributed by atoms with E-state index in [0.29, 0.717) is 38.9 Å². The maximum atomic E-state index is 13.1. The molecule has 1 atom stereocenters. The number of hydrogen-bond donors (Lipinski definition) is 2. The van der Waals surface area contributed by atoms with Gasteiger partial charge in [-0.05, 0) is 30.7 Å². The Morgan fingerprint density at radius 3 is 2.37 bits per heavy atom. The highest BCUT2D eigenvalue weighted by molar-refractivity contribution is 5.84. The Kier molecular flexibility index (Phi) is 9.53. The van der Waals surface area contributed by atoms with Gasteiger partial charge in [0.2, 0.25) is 5.91 Å². The van der Waals surface area contributed by atoms with Crippen LogP contribution in [0.4, 0.5) is 4.79 Å². The molecule has 0 bridgehead atoms. The van der Waals surface area contributed by atoms with Crippen LogP contribution in [0.3, 0.4) is 0 Å². The van der Waals surface area contributed by atoms with Crippen molar-refractivity contribution >= 4 is 17.9 Å². The Morgan fingerprint density at radius 1 is 1.11 bits per heavy atom. The largest absolute Gasteiger partial charge is 0.436 e. The standard InChI is InChI=1S/C27H38N4O4/c1-20(2)17-23(35-26(34)29-18-21-9-5-3-6-10-21)24(32)30-27(19-28)13-15-31(16-14-27)25(33)22-11-7-4-8-12-22/h3,5-6,9-10,20,22-23H,4,7-8,11-18H2,1-2H3,(H,29,34)(H,30,32). The number of benzene rings is 1. The van der Waals surface area contributed by atoms with Crippen LogP contribution in [-0.2, 0) is 20.9 Å². The van der Waals surface area contributed by atoms with E-state index in [1.165, 1.54) is 6.42 Å². The molecular weight excluding hydrogens is 444 g/mol. The predicted molar refractivity (Wildman–Crippen MR) is 132 cm³/mol. The monoisotopic (exact) mass is 482 g/mol. The summed E-state index contributed by atoms with van der Waals surface area (Å²) in [6.07, 6.45) is 4.66. The summed E-state index contributed by atoms with van der Waals surface area (Å²) < 4.78 is 5.48. The Balaban J connectivity index is 1.55. The summed E-state index contributed by atoms with van der Waals surface area (Å²) in [4.78, 5) is 40.3. The molecule has 0 spiro atoms. The van der Waals surface area contributed by atoms with Gasteiger partial charge in [-0.25, -0.2) is 4.79 Å². The number of ether oxygens (including phenoxy) is 1. The molecule has 0 radical (unpaired) electrons. The minimum Gasteiger partial charge on any atom is -0.436 e. The summed E-state index contributed by atoms with van der Waals surface area (Å²) in [5, 5.41) is 15.5. The SMILES string of the molecule is CC(C)CC(OC(=O)NCc1ccccc1)C(=O)NC1(C#N)CCN(C(=O)C2CCCCC2)CC1. The third-order valence-electron chi connectivity index (χ3n) is 6.97. The Hall–Kier alpha value is -3.08. The third kappa shape index (κ3) is 7.71. The van der Waals surface area contributed by atoms with Crippen molar-refractivity contribution < 1.29 is 19.1 Å². The van der Waals surface area contributed by atoms with Crippen LogP contribution < -0.4 is 10.6 Å². The highest BCUT2D eigenvalue weighted by Gasteiger charge is 2.40. The number of hydrogen-bond acceptors (Lipinski definition) is 5. The van der Waals surface area contributed by atoms with Gasteiger partial charge in [0.05, 0.1) is 6.07 Å². The van der Waals surface area contributed by atoms with E-state index in [1.54, 1.807) is 0 Å². The van der Waals surface area contributed by atoms with Gasteiger partial charge in [-0.2, -0.15) is 5.26 Å². The average Bonchev–Trinajstić information content (AvgIpc) is 2.88. The topological polar surface area (TPSA) is 112 Å². The molecule has 8 nitrogen and oxygen atoms in total. The lowest BCUT2D eigenvalue weighted by Crippen LogP contribution is -2.58. The first-order valence-corrected chi connectivity index (χ1v) is 12.8. The molecule has 8 heteroatoms. The van der Waals surface area contributed by atoms with E-state index in [2.05, 4.69) is 16.7 Å². The molecule has 35 heavy (non-hydrogen) atoms. The molecule has 1 aromatic carbocycles. The molecule has 1 aromatic rings. The van der Waals surface area contributed by atoms with Crippen molar-refractivity contribution in [2.75, 3.05) is 13.1 Å². The van der Waals surface area contributed by atoms with Crippen molar-refractivity contribution in [3.63, 3.8) is 0 Å². The van der Waals surface area contributed by atoms with Crippen molar-refractivity contribution in [2.45, 2.75) is 83.4 Å². The van der Waals surface area contributed by atoms with Gasteiger partial charge in [-0.15, -0.1) is 0 Å². The lowest BCUT2D eigenvalue weighted by atomic mass is 9.85. The molecule has 1 aliphatic carbocycles. The number of likely N-dealkylation sites (tertiary alicyclic amines) is 1. The van der Waals surface area contributed by atoms with Gasteiger partial charge in [-0.1, -0.05) is 63.4 Å². The van der Waals surface area contributed by atoms with Gasteiger partial charge in [0.1, 0.15) is 5.54 Å². The number of piperidine rings is 1. The quantitative estimate of drug-likeness (QED) is 0.584. The van der Waals surface area contributed by atoms with Crippen LogP contribution in [0.2, 0.25) is 0 Å². The Labute approximate surface area is 208 Å². The minimum absolute atomic E-state index is 0.0890. The van der Waals surface area contributed by atoms with Crippen LogP contribution in [0.25, 0.3) is 0 Å². The molecular formula is C27H38N4O4. The van der Waals surface area contributed by atoms with E-state index in [-0.39, 0.29) is 17.7 Å². The van der Waals surface area contributed by atoms with Crippen molar-refractivity contribution in [2.24, 2.45) is 11.8 Å². The third-order valence-corrected chi connectivity index (χ3v) is 6.97. The number of carbonyl (C=O) groups excluding carboxylic acids is 3. The fourth-order valence-corrected chi connectivity index (χ4v) is 4.88. The molecule has 190 valence electrons. The first-order valence-electron chi connectivity index (χ1n) is 12.8. The summed E-state index contributed by atoms with van der Waals surface area (Å²) in [6, 6.07) is 11.7. The lowest BCUT2D eigenvalue weighted by Gasteiger charge is -2.40. The van der Waals surface area contributed by atoms with E-state index < -0.39 is 23.6 Å². The van der Waals surface area contributed by atoms with E-state index >= 15 is 0 Å². The number of nitrogens with one attached hydrogen (secondary N) is 2. The Morgan fingerprint density at radius 2 is 1.77 bits per heavy atom.